The maximum Gasteiger partial charge on any atom is 0.161 e. The van der Waals surface area contributed by atoms with Gasteiger partial charge in [-0.1, -0.05) is 25.3 Å². The number of hydrogen-bond donors (Lipinski definition) is 1. The highest BCUT2D eigenvalue weighted by atomic mass is 35.5. The van der Waals surface area contributed by atoms with Gasteiger partial charge in [0, 0.05) is 12.0 Å². The fourth-order valence-electron chi connectivity index (χ4n) is 3.01. The Morgan fingerprint density at radius 1 is 1.05 bits per heavy atom. The van der Waals surface area contributed by atoms with Crippen LogP contribution in [0.2, 0.25) is 0 Å². The number of nitrogens with two attached hydrogens (primary N) is 1. The molecule has 1 aromatic rings. The lowest BCUT2D eigenvalue weighted by molar-refractivity contribution is 0.297. The van der Waals surface area contributed by atoms with Crippen molar-refractivity contribution in [2.24, 2.45) is 5.73 Å². The number of rotatable bonds is 4. The van der Waals surface area contributed by atoms with Gasteiger partial charge >= 0.3 is 0 Å². The van der Waals surface area contributed by atoms with Crippen LogP contribution in [-0.2, 0) is 5.41 Å². The molecular formula is C15H24ClNO2. The molecule has 0 aliphatic heterocycles. The van der Waals surface area contributed by atoms with Gasteiger partial charge in [0.1, 0.15) is 0 Å². The van der Waals surface area contributed by atoms with Gasteiger partial charge in [0.25, 0.3) is 0 Å². The van der Waals surface area contributed by atoms with Crippen molar-refractivity contribution in [3.8, 4) is 11.5 Å². The topological polar surface area (TPSA) is 44.5 Å². The van der Waals surface area contributed by atoms with E-state index in [1.807, 2.05) is 6.07 Å². The molecule has 0 amide bonds. The Hall–Kier alpha value is -0.930. The Labute approximate surface area is 121 Å². The largest absolute Gasteiger partial charge is 0.493 e. The molecule has 4 heteroatoms. The van der Waals surface area contributed by atoms with Crippen LogP contribution >= 0.6 is 12.4 Å². The van der Waals surface area contributed by atoms with Crippen LogP contribution in [0.4, 0.5) is 0 Å². The molecule has 0 aromatic heterocycles. The quantitative estimate of drug-likeness (QED) is 0.923. The summed E-state index contributed by atoms with van der Waals surface area (Å²) in [6.07, 6.45) is 6.23. The van der Waals surface area contributed by atoms with E-state index >= 15 is 0 Å². The molecule has 19 heavy (non-hydrogen) atoms. The van der Waals surface area contributed by atoms with Crippen LogP contribution < -0.4 is 15.2 Å². The lowest BCUT2D eigenvalue weighted by Crippen LogP contribution is -2.37. The van der Waals surface area contributed by atoms with Gasteiger partial charge in [-0.25, -0.2) is 0 Å². The lowest BCUT2D eigenvalue weighted by Gasteiger charge is -2.37. The van der Waals surface area contributed by atoms with E-state index in [1.165, 1.54) is 37.7 Å². The van der Waals surface area contributed by atoms with Crippen molar-refractivity contribution in [3.63, 3.8) is 0 Å². The second kappa shape index (κ2) is 7.01. The number of benzene rings is 1. The molecule has 1 fully saturated rings. The van der Waals surface area contributed by atoms with Crippen LogP contribution in [0.3, 0.4) is 0 Å². The molecule has 1 saturated carbocycles. The molecule has 0 heterocycles. The first-order chi connectivity index (χ1) is 8.75. The number of methoxy groups -OCH3 is 2. The minimum absolute atomic E-state index is 0. The van der Waals surface area contributed by atoms with E-state index < -0.39 is 0 Å². The van der Waals surface area contributed by atoms with E-state index in [0.29, 0.717) is 6.54 Å². The molecule has 0 unspecified atom stereocenters. The highest BCUT2D eigenvalue weighted by Crippen LogP contribution is 2.41. The summed E-state index contributed by atoms with van der Waals surface area (Å²) in [6.45, 7) is 0.711. The number of ether oxygens (including phenoxy) is 2. The van der Waals surface area contributed by atoms with Crippen LogP contribution in [0.1, 0.15) is 37.7 Å². The van der Waals surface area contributed by atoms with E-state index in [9.17, 15) is 0 Å². The summed E-state index contributed by atoms with van der Waals surface area (Å²) in [5.41, 5.74) is 7.49. The monoisotopic (exact) mass is 285 g/mol. The van der Waals surface area contributed by atoms with E-state index in [-0.39, 0.29) is 17.8 Å². The van der Waals surface area contributed by atoms with Crippen LogP contribution in [0.15, 0.2) is 18.2 Å². The maximum atomic E-state index is 6.06. The zero-order chi connectivity index (χ0) is 13.0. The second-order valence-corrected chi connectivity index (χ2v) is 5.11. The summed E-state index contributed by atoms with van der Waals surface area (Å²) >= 11 is 0. The third-order valence-corrected chi connectivity index (χ3v) is 4.20. The molecule has 0 saturated heterocycles. The predicted octanol–water partition coefficient (Wildman–Crippen LogP) is 3.29. The first-order valence-electron chi connectivity index (χ1n) is 6.68. The van der Waals surface area contributed by atoms with Gasteiger partial charge in [-0.05, 0) is 30.5 Å². The molecule has 108 valence electrons. The van der Waals surface area contributed by atoms with Crippen LogP contribution in [-0.4, -0.2) is 20.8 Å². The molecular weight excluding hydrogens is 262 g/mol. The molecule has 0 radical (unpaired) electrons. The van der Waals surface area contributed by atoms with Gasteiger partial charge in [0.2, 0.25) is 0 Å². The zero-order valence-corrected chi connectivity index (χ0v) is 12.6. The number of hydrogen-bond acceptors (Lipinski definition) is 3. The van der Waals surface area contributed by atoms with Gasteiger partial charge in [0.05, 0.1) is 14.2 Å². The summed E-state index contributed by atoms with van der Waals surface area (Å²) < 4.78 is 10.7. The van der Waals surface area contributed by atoms with Gasteiger partial charge < -0.3 is 15.2 Å². The molecule has 0 atom stereocenters. The lowest BCUT2D eigenvalue weighted by atomic mass is 9.69. The third kappa shape index (κ3) is 3.15. The first-order valence-corrected chi connectivity index (χ1v) is 6.68. The van der Waals surface area contributed by atoms with E-state index in [4.69, 9.17) is 15.2 Å². The average Bonchev–Trinajstić information content (AvgIpc) is 2.47. The minimum Gasteiger partial charge on any atom is -0.493 e. The fraction of sp³-hybridized carbons (Fsp3) is 0.600. The summed E-state index contributed by atoms with van der Waals surface area (Å²) in [5, 5.41) is 0. The molecule has 1 aromatic carbocycles. The highest BCUT2D eigenvalue weighted by Gasteiger charge is 2.33. The molecule has 1 aliphatic carbocycles. The predicted molar refractivity (Wildman–Crippen MR) is 80.6 cm³/mol. The van der Waals surface area contributed by atoms with Crippen LogP contribution in [0, 0.1) is 0 Å². The average molecular weight is 286 g/mol. The number of halogens is 1. The van der Waals surface area contributed by atoms with Crippen molar-refractivity contribution >= 4 is 12.4 Å². The fourth-order valence-corrected chi connectivity index (χ4v) is 3.01. The van der Waals surface area contributed by atoms with Crippen molar-refractivity contribution in [2.75, 3.05) is 20.8 Å². The van der Waals surface area contributed by atoms with Crippen molar-refractivity contribution in [1.82, 2.24) is 0 Å². The molecule has 1 aliphatic rings. The van der Waals surface area contributed by atoms with Crippen molar-refractivity contribution in [3.05, 3.63) is 23.8 Å². The Morgan fingerprint density at radius 3 is 2.21 bits per heavy atom. The Balaban J connectivity index is 0.00000180. The molecule has 0 bridgehead atoms. The highest BCUT2D eigenvalue weighted by molar-refractivity contribution is 5.85. The van der Waals surface area contributed by atoms with E-state index in [1.54, 1.807) is 14.2 Å². The molecule has 0 spiro atoms. The normalized spacial score (nSPS) is 17.4. The minimum atomic E-state index is 0. The SMILES string of the molecule is COc1ccc(C2(CN)CCCCC2)cc1OC.Cl. The molecule has 3 nitrogen and oxygen atoms in total. The Bertz CT molecular complexity index is 403. The van der Waals surface area contributed by atoms with Gasteiger partial charge in [-0.2, -0.15) is 0 Å². The smallest absolute Gasteiger partial charge is 0.161 e. The Kier molecular flexibility index (Phi) is 5.95. The first kappa shape index (κ1) is 16.1. The van der Waals surface area contributed by atoms with E-state index in [0.717, 1.165) is 11.5 Å². The summed E-state index contributed by atoms with van der Waals surface area (Å²) in [7, 11) is 3.34. The standard InChI is InChI=1S/C15H23NO2.ClH/c1-17-13-7-6-12(10-14(13)18-2)15(11-16)8-4-3-5-9-15;/h6-7,10H,3-5,8-9,11,16H2,1-2H3;1H. The third-order valence-electron chi connectivity index (χ3n) is 4.20. The maximum absolute atomic E-state index is 6.06. The van der Waals surface area contributed by atoms with Gasteiger partial charge in [0.15, 0.2) is 11.5 Å². The summed E-state index contributed by atoms with van der Waals surface area (Å²) in [4.78, 5) is 0. The van der Waals surface area contributed by atoms with Crippen LogP contribution in [0.25, 0.3) is 0 Å². The van der Waals surface area contributed by atoms with Crippen molar-refractivity contribution < 1.29 is 9.47 Å². The zero-order valence-electron chi connectivity index (χ0n) is 11.8. The second-order valence-electron chi connectivity index (χ2n) is 5.11. The molecule has 2 N–H and O–H groups in total. The van der Waals surface area contributed by atoms with Crippen molar-refractivity contribution in [1.29, 1.82) is 0 Å². The van der Waals surface area contributed by atoms with Crippen molar-refractivity contribution in [2.45, 2.75) is 37.5 Å². The van der Waals surface area contributed by atoms with Gasteiger partial charge in [-0.15, -0.1) is 12.4 Å². The van der Waals surface area contributed by atoms with Crippen LogP contribution in [0.5, 0.6) is 11.5 Å². The summed E-state index contributed by atoms with van der Waals surface area (Å²) in [6, 6.07) is 6.22. The van der Waals surface area contributed by atoms with E-state index in [2.05, 4.69) is 12.1 Å². The Morgan fingerprint density at radius 2 is 1.68 bits per heavy atom. The van der Waals surface area contributed by atoms with Gasteiger partial charge in [-0.3, -0.25) is 0 Å². The summed E-state index contributed by atoms with van der Waals surface area (Å²) in [5.74, 6) is 1.58. The molecule has 2 rings (SSSR count).